The Balaban J connectivity index is 0.988. The number of imide groups is 1. The number of nitrogens with zero attached hydrogens (tertiary/aromatic N) is 3. The number of pyridine rings is 1. The van der Waals surface area contributed by atoms with Crippen molar-refractivity contribution in [3.63, 3.8) is 0 Å². The number of nitrogens with one attached hydrogen (secondary N) is 1. The van der Waals surface area contributed by atoms with Crippen LogP contribution in [0.1, 0.15) is 52.4 Å². The van der Waals surface area contributed by atoms with Crippen molar-refractivity contribution < 1.29 is 28.2 Å². The van der Waals surface area contributed by atoms with Gasteiger partial charge in [-0.2, -0.15) is 0 Å². The van der Waals surface area contributed by atoms with Crippen LogP contribution in [-0.2, 0) is 27.4 Å². The summed E-state index contributed by atoms with van der Waals surface area (Å²) in [4.78, 5) is 45.1. The number of hydrogen-bond acceptors (Lipinski definition) is 7. The Morgan fingerprint density at radius 1 is 1.05 bits per heavy atom. The van der Waals surface area contributed by atoms with Gasteiger partial charge in [-0.3, -0.25) is 29.6 Å². The van der Waals surface area contributed by atoms with Gasteiger partial charge in [-0.25, -0.2) is 4.39 Å². The van der Waals surface area contributed by atoms with Gasteiger partial charge in [0.05, 0.1) is 12.1 Å². The fraction of sp³-hybridized carbons (Fsp3) is 0.419. The van der Waals surface area contributed by atoms with Crippen molar-refractivity contribution in [1.29, 1.82) is 0 Å². The number of halogens is 1. The number of aromatic nitrogens is 1. The summed E-state index contributed by atoms with van der Waals surface area (Å²) in [6.07, 6.45) is -0.268. The van der Waals surface area contributed by atoms with E-state index >= 15 is 4.39 Å². The van der Waals surface area contributed by atoms with Crippen LogP contribution < -0.4 is 10.1 Å². The maximum Gasteiger partial charge on any atom is 0.255 e. The normalized spacial score (nSPS) is 26.6. The van der Waals surface area contributed by atoms with E-state index in [9.17, 15) is 14.4 Å². The second kappa shape index (κ2) is 10.5. The molecule has 7 rings (SSSR count). The third-order valence-electron chi connectivity index (χ3n) is 8.59. The van der Waals surface area contributed by atoms with Gasteiger partial charge in [0.25, 0.3) is 5.91 Å². The van der Waals surface area contributed by atoms with Crippen LogP contribution in [0.15, 0.2) is 48.5 Å². The zero-order valence-corrected chi connectivity index (χ0v) is 22.6. The van der Waals surface area contributed by atoms with Gasteiger partial charge in [-0.1, -0.05) is 12.1 Å². The summed E-state index contributed by atoms with van der Waals surface area (Å²) in [5, 5.41) is 3.37. The number of benzene rings is 2. The summed E-state index contributed by atoms with van der Waals surface area (Å²) in [5.74, 6) is -0.157. The van der Waals surface area contributed by atoms with Gasteiger partial charge >= 0.3 is 0 Å². The van der Waals surface area contributed by atoms with E-state index in [1.165, 1.54) is 4.90 Å². The molecule has 4 aliphatic heterocycles. The number of hydrogen-bond donors (Lipinski definition) is 1. The summed E-state index contributed by atoms with van der Waals surface area (Å²) in [5.41, 5.74) is 4.35. The maximum absolute atomic E-state index is 15.1. The molecule has 4 atom stereocenters. The number of ether oxygens (including phenoxy) is 2. The molecule has 3 amide bonds. The summed E-state index contributed by atoms with van der Waals surface area (Å²) in [6, 6.07) is 14.8. The molecule has 1 N–H and O–H groups in total. The van der Waals surface area contributed by atoms with E-state index in [1.54, 1.807) is 18.2 Å². The average Bonchev–Trinajstić information content (AvgIpc) is 3.69. The number of likely N-dealkylation sites (tertiary alicyclic amines) is 1. The lowest BCUT2D eigenvalue weighted by atomic mass is 10.0. The van der Waals surface area contributed by atoms with E-state index < -0.39 is 24.2 Å². The van der Waals surface area contributed by atoms with Gasteiger partial charge in [0, 0.05) is 61.8 Å². The van der Waals surface area contributed by atoms with Crippen molar-refractivity contribution >= 4 is 28.6 Å². The summed E-state index contributed by atoms with van der Waals surface area (Å²) >= 11 is 0. The van der Waals surface area contributed by atoms with Crippen molar-refractivity contribution in [3.05, 3.63) is 70.9 Å². The molecule has 0 radical (unpaired) electrons. The van der Waals surface area contributed by atoms with Crippen LogP contribution in [0, 0.1) is 0 Å². The third kappa shape index (κ3) is 5.06. The minimum Gasteiger partial charge on any atom is -0.486 e. The van der Waals surface area contributed by atoms with Gasteiger partial charge in [0.2, 0.25) is 11.8 Å². The highest BCUT2D eigenvalue weighted by Crippen LogP contribution is 2.32. The number of carbonyl (C=O) groups is 3. The molecule has 0 aliphatic carbocycles. The summed E-state index contributed by atoms with van der Waals surface area (Å²) in [6.45, 7) is 3.08. The number of piperidine rings is 1. The largest absolute Gasteiger partial charge is 0.486 e. The first kappa shape index (κ1) is 26.0. The van der Waals surface area contributed by atoms with E-state index in [4.69, 9.17) is 14.5 Å². The molecular weight excluding hydrogens is 527 g/mol. The lowest BCUT2D eigenvalue weighted by molar-refractivity contribution is -0.136. The Morgan fingerprint density at radius 3 is 2.78 bits per heavy atom. The molecule has 5 heterocycles. The molecule has 3 aromatic rings. The third-order valence-corrected chi connectivity index (χ3v) is 8.59. The number of carbonyl (C=O) groups excluding carboxylic acids is 3. The minimum absolute atomic E-state index is 0.203. The van der Waals surface area contributed by atoms with Gasteiger partial charge in [0.1, 0.15) is 17.9 Å². The average molecular weight is 559 g/mol. The van der Waals surface area contributed by atoms with Gasteiger partial charge < -0.3 is 14.4 Å². The zero-order chi connectivity index (χ0) is 28.1. The number of rotatable bonds is 6. The SMILES string of the molecule is O=C1CCC(N2Cc3cc(O[C@@H]4CN(Cc5ccc6nc([C@@H]7CCOC7)ccc6c5)C[C@@H]4F)ccc3C2=O)C(=O)N1. The van der Waals surface area contributed by atoms with Crippen molar-refractivity contribution in [2.24, 2.45) is 0 Å². The molecule has 3 saturated heterocycles. The van der Waals surface area contributed by atoms with E-state index in [0.29, 0.717) is 36.7 Å². The van der Waals surface area contributed by atoms with Crippen LogP contribution in [0.3, 0.4) is 0 Å². The Labute approximate surface area is 236 Å². The summed E-state index contributed by atoms with van der Waals surface area (Å²) in [7, 11) is 0. The van der Waals surface area contributed by atoms with Crippen LogP contribution in [0.2, 0.25) is 0 Å². The van der Waals surface area contributed by atoms with E-state index in [1.807, 2.05) is 6.07 Å². The molecule has 0 spiro atoms. The monoisotopic (exact) mass is 558 g/mol. The Bertz CT molecular complexity index is 1540. The number of alkyl halides is 1. The van der Waals surface area contributed by atoms with Crippen LogP contribution in [0.4, 0.5) is 4.39 Å². The zero-order valence-electron chi connectivity index (χ0n) is 22.6. The molecule has 2 aromatic carbocycles. The summed E-state index contributed by atoms with van der Waals surface area (Å²) < 4.78 is 26.6. The Morgan fingerprint density at radius 2 is 1.95 bits per heavy atom. The smallest absolute Gasteiger partial charge is 0.255 e. The van der Waals surface area contributed by atoms with Crippen LogP contribution in [0.5, 0.6) is 5.75 Å². The quantitative estimate of drug-likeness (QED) is 0.464. The Kier molecular flexibility index (Phi) is 6.67. The lowest BCUT2D eigenvalue weighted by Gasteiger charge is -2.29. The molecule has 9 nitrogen and oxygen atoms in total. The highest BCUT2D eigenvalue weighted by Gasteiger charge is 2.40. The number of amides is 3. The molecule has 0 saturated carbocycles. The highest BCUT2D eigenvalue weighted by atomic mass is 19.1. The predicted molar refractivity (Wildman–Crippen MR) is 147 cm³/mol. The van der Waals surface area contributed by atoms with Gasteiger partial charge in [-0.15, -0.1) is 0 Å². The molecule has 0 bridgehead atoms. The topological polar surface area (TPSA) is 101 Å². The van der Waals surface area contributed by atoms with Gasteiger partial charge in [0.15, 0.2) is 6.17 Å². The first-order valence-electron chi connectivity index (χ1n) is 14.2. The van der Waals surface area contributed by atoms with E-state index in [-0.39, 0.29) is 31.3 Å². The van der Waals surface area contributed by atoms with Crippen LogP contribution >= 0.6 is 0 Å². The second-order valence-electron chi connectivity index (χ2n) is 11.4. The van der Waals surface area contributed by atoms with Crippen LogP contribution in [-0.4, -0.2) is 77.1 Å². The van der Waals surface area contributed by atoms with E-state index in [0.717, 1.165) is 47.4 Å². The molecule has 41 heavy (non-hydrogen) atoms. The molecule has 1 unspecified atom stereocenters. The predicted octanol–water partition coefficient (Wildman–Crippen LogP) is 3.10. The molecule has 10 heteroatoms. The lowest BCUT2D eigenvalue weighted by Crippen LogP contribution is -2.52. The first-order valence-corrected chi connectivity index (χ1v) is 14.2. The van der Waals surface area contributed by atoms with Crippen molar-refractivity contribution in [2.75, 3.05) is 26.3 Å². The molecule has 1 aromatic heterocycles. The second-order valence-corrected chi connectivity index (χ2v) is 11.4. The minimum atomic E-state index is -1.15. The Hall–Kier alpha value is -3.89. The van der Waals surface area contributed by atoms with Crippen LogP contribution in [0.25, 0.3) is 10.9 Å². The highest BCUT2D eigenvalue weighted by molar-refractivity contribution is 6.05. The maximum atomic E-state index is 15.1. The van der Waals surface area contributed by atoms with Crippen molar-refractivity contribution in [3.8, 4) is 5.75 Å². The van der Waals surface area contributed by atoms with Gasteiger partial charge in [-0.05, 0) is 60.4 Å². The molecular formula is C31H31FN4O5. The standard InChI is InChI=1S/C31H31FN4O5/c32-24-15-35(13-18-1-5-25-19(11-18)2-6-26(33-25)20-9-10-40-17-20)16-28(24)41-22-3-4-23-21(12-22)14-36(31(23)39)27-7-8-29(37)34-30(27)38/h1-6,11-12,20,24,27-28H,7-10,13-17H2,(H,34,37,38)/t20-,24+,27?,28-/m1/s1. The molecule has 3 fully saturated rings. The van der Waals surface area contributed by atoms with E-state index in [2.05, 4.69) is 34.5 Å². The number of fused-ring (bicyclic) bond motifs is 2. The molecule has 212 valence electrons. The fourth-order valence-electron chi connectivity index (χ4n) is 6.39. The first-order chi connectivity index (χ1) is 19.9. The fourth-order valence-corrected chi connectivity index (χ4v) is 6.39. The molecule has 4 aliphatic rings. The van der Waals surface area contributed by atoms with Crippen molar-refractivity contribution in [2.45, 2.75) is 56.6 Å². The van der Waals surface area contributed by atoms with Crippen molar-refractivity contribution in [1.82, 2.24) is 20.1 Å².